The first kappa shape index (κ1) is 20.0. The third kappa shape index (κ3) is 4.33. The number of rotatable bonds is 5. The van der Waals surface area contributed by atoms with Crippen molar-refractivity contribution in [3.8, 4) is 11.4 Å². The highest BCUT2D eigenvalue weighted by Gasteiger charge is 2.24. The van der Waals surface area contributed by atoms with Crippen molar-refractivity contribution in [2.24, 2.45) is 0 Å². The fourth-order valence-corrected chi connectivity index (χ4v) is 3.82. The van der Waals surface area contributed by atoms with Crippen molar-refractivity contribution >= 4 is 5.91 Å². The molecule has 1 saturated heterocycles. The van der Waals surface area contributed by atoms with Gasteiger partial charge in [0.25, 0.3) is 5.91 Å². The van der Waals surface area contributed by atoms with Gasteiger partial charge in [-0.2, -0.15) is 4.68 Å². The van der Waals surface area contributed by atoms with Crippen LogP contribution in [0.15, 0.2) is 42.5 Å². The standard InChI is InChI=1S/C22H26N6O2/c1-16-12-17(2)14-18(13-16)22(29)27-10-8-26(9-11-27)15-21-23-24-25-28(21)19-4-6-20(30-3)7-5-19/h4-7,12-14H,8-11,15H2,1-3H3. The summed E-state index contributed by atoms with van der Waals surface area (Å²) in [7, 11) is 1.64. The Bertz CT molecular complexity index is 1000. The minimum Gasteiger partial charge on any atom is -0.497 e. The minimum atomic E-state index is 0.101. The first-order valence-corrected chi connectivity index (χ1v) is 10.0. The molecule has 1 aliphatic rings. The van der Waals surface area contributed by atoms with Crippen LogP contribution >= 0.6 is 0 Å². The Labute approximate surface area is 176 Å². The molecule has 8 nitrogen and oxygen atoms in total. The highest BCUT2D eigenvalue weighted by molar-refractivity contribution is 5.94. The molecule has 1 aliphatic heterocycles. The maximum absolute atomic E-state index is 12.9. The van der Waals surface area contributed by atoms with E-state index < -0.39 is 0 Å². The molecule has 1 fully saturated rings. The number of carbonyl (C=O) groups excluding carboxylic acids is 1. The highest BCUT2D eigenvalue weighted by Crippen LogP contribution is 2.17. The molecule has 0 unspecified atom stereocenters. The molecule has 0 atom stereocenters. The summed E-state index contributed by atoms with van der Waals surface area (Å²) in [5.41, 5.74) is 3.88. The number of carbonyl (C=O) groups is 1. The van der Waals surface area contributed by atoms with E-state index in [4.69, 9.17) is 4.74 Å². The summed E-state index contributed by atoms with van der Waals surface area (Å²) >= 11 is 0. The van der Waals surface area contributed by atoms with Gasteiger partial charge in [-0.15, -0.1) is 5.10 Å². The molecule has 2 aromatic carbocycles. The first-order chi connectivity index (χ1) is 14.5. The summed E-state index contributed by atoms with van der Waals surface area (Å²) < 4.78 is 6.95. The number of hydrogen-bond acceptors (Lipinski definition) is 6. The Morgan fingerprint density at radius 1 is 1.00 bits per heavy atom. The average Bonchev–Trinajstić information content (AvgIpc) is 3.21. The monoisotopic (exact) mass is 406 g/mol. The van der Waals surface area contributed by atoms with E-state index >= 15 is 0 Å². The van der Waals surface area contributed by atoms with Crippen LogP contribution in [0.3, 0.4) is 0 Å². The van der Waals surface area contributed by atoms with E-state index in [1.165, 1.54) is 0 Å². The summed E-state index contributed by atoms with van der Waals surface area (Å²) in [4.78, 5) is 17.1. The molecule has 30 heavy (non-hydrogen) atoms. The van der Waals surface area contributed by atoms with Gasteiger partial charge in [0, 0.05) is 31.7 Å². The lowest BCUT2D eigenvalue weighted by Gasteiger charge is -2.34. The molecule has 3 aromatic rings. The van der Waals surface area contributed by atoms with Crippen LogP contribution in [-0.2, 0) is 6.54 Å². The topological polar surface area (TPSA) is 76.4 Å². The zero-order chi connectivity index (χ0) is 21.1. The number of aromatic nitrogens is 4. The highest BCUT2D eigenvalue weighted by atomic mass is 16.5. The smallest absolute Gasteiger partial charge is 0.253 e. The molecule has 0 aliphatic carbocycles. The maximum atomic E-state index is 12.9. The van der Waals surface area contributed by atoms with Gasteiger partial charge in [0.15, 0.2) is 5.82 Å². The van der Waals surface area contributed by atoms with Gasteiger partial charge in [0.05, 0.1) is 19.3 Å². The summed E-state index contributed by atoms with van der Waals surface area (Å²) in [6, 6.07) is 13.6. The average molecular weight is 406 g/mol. The fourth-order valence-electron chi connectivity index (χ4n) is 3.82. The number of tetrazole rings is 1. The van der Waals surface area contributed by atoms with E-state index in [1.807, 2.05) is 55.1 Å². The van der Waals surface area contributed by atoms with Crippen LogP contribution in [0.1, 0.15) is 27.3 Å². The Kier molecular flexibility index (Phi) is 5.76. The summed E-state index contributed by atoms with van der Waals surface area (Å²) in [5, 5.41) is 12.2. The van der Waals surface area contributed by atoms with Gasteiger partial charge in [0.1, 0.15) is 5.75 Å². The van der Waals surface area contributed by atoms with E-state index in [-0.39, 0.29) is 5.91 Å². The number of ether oxygens (including phenoxy) is 1. The second-order valence-corrected chi connectivity index (χ2v) is 7.65. The van der Waals surface area contributed by atoms with Crippen molar-refractivity contribution in [2.45, 2.75) is 20.4 Å². The summed E-state index contributed by atoms with van der Waals surface area (Å²) in [6.45, 7) is 7.62. The number of nitrogens with zero attached hydrogens (tertiary/aromatic N) is 6. The Hall–Kier alpha value is -3.26. The van der Waals surface area contributed by atoms with Crippen molar-refractivity contribution in [1.82, 2.24) is 30.0 Å². The molecule has 0 bridgehead atoms. The van der Waals surface area contributed by atoms with Crippen LogP contribution in [0, 0.1) is 13.8 Å². The van der Waals surface area contributed by atoms with E-state index in [9.17, 15) is 4.79 Å². The molecule has 1 amide bonds. The first-order valence-electron chi connectivity index (χ1n) is 10.0. The van der Waals surface area contributed by atoms with Crippen molar-refractivity contribution in [2.75, 3.05) is 33.3 Å². The van der Waals surface area contributed by atoms with Crippen molar-refractivity contribution in [1.29, 1.82) is 0 Å². The van der Waals surface area contributed by atoms with E-state index in [0.29, 0.717) is 19.6 Å². The molecule has 0 saturated carbocycles. The van der Waals surface area contributed by atoms with Crippen LogP contribution in [0.2, 0.25) is 0 Å². The van der Waals surface area contributed by atoms with Crippen molar-refractivity contribution in [3.05, 3.63) is 65.0 Å². The Balaban J connectivity index is 1.38. The van der Waals surface area contributed by atoms with Crippen molar-refractivity contribution < 1.29 is 9.53 Å². The normalized spacial score (nSPS) is 14.7. The molecule has 1 aromatic heterocycles. The van der Waals surface area contributed by atoms with E-state index in [2.05, 4.69) is 26.5 Å². The van der Waals surface area contributed by atoms with Crippen LogP contribution in [0.4, 0.5) is 0 Å². The lowest BCUT2D eigenvalue weighted by molar-refractivity contribution is 0.0624. The van der Waals surface area contributed by atoms with E-state index in [1.54, 1.807) is 11.8 Å². The number of benzene rings is 2. The zero-order valence-electron chi connectivity index (χ0n) is 17.6. The second kappa shape index (κ2) is 8.62. The minimum absolute atomic E-state index is 0.101. The van der Waals surface area contributed by atoms with Gasteiger partial charge in [0.2, 0.25) is 0 Å². The predicted octanol–water partition coefficient (Wildman–Crippen LogP) is 2.25. The zero-order valence-corrected chi connectivity index (χ0v) is 17.6. The van der Waals surface area contributed by atoms with Gasteiger partial charge in [-0.25, -0.2) is 0 Å². The van der Waals surface area contributed by atoms with Crippen LogP contribution in [-0.4, -0.2) is 69.2 Å². The van der Waals surface area contributed by atoms with Crippen LogP contribution in [0.5, 0.6) is 5.75 Å². The Morgan fingerprint density at radius 3 is 2.30 bits per heavy atom. The van der Waals surface area contributed by atoms with Gasteiger partial charge >= 0.3 is 0 Å². The maximum Gasteiger partial charge on any atom is 0.253 e. The molecule has 0 N–H and O–H groups in total. The number of aryl methyl sites for hydroxylation is 2. The predicted molar refractivity (Wildman–Crippen MR) is 113 cm³/mol. The Morgan fingerprint density at radius 2 is 1.67 bits per heavy atom. The molecule has 8 heteroatoms. The summed E-state index contributed by atoms with van der Waals surface area (Å²) in [5.74, 6) is 1.66. The molecule has 4 rings (SSSR count). The molecular weight excluding hydrogens is 380 g/mol. The SMILES string of the molecule is COc1ccc(-n2nnnc2CN2CCN(C(=O)c3cc(C)cc(C)c3)CC2)cc1. The molecular formula is C22H26N6O2. The number of hydrogen-bond donors (Lipinski definition) is 0. The van der Waals surface area contributed by atoms with Gasteiger partial charge in [-0.05, 0) is 60.7 Å². The number of piperazine rings is 1. The summed E-state index contributed by atoms with van der Waals surface area (Å²) in [6.07, 6.45) is 0. The number of methoxy groups -OCH3 is 1. The van der Waals surface area contributed by atoms with Crippen LogP contribution in [0.25, 0.3) is 5.69 Å². The second-order valence-electron chi connectivity index (χ2n) is 7.65. The van der Waals surface area contributed by atoms with Gasteiger partial charge in [-0.1, -0.05) is 17.2 Å². The third-order valence-electron chi connectivity index (χ3n) is 5.34. The lowest BCUT2D eigenvalue weighted by atomic mass is 10.1. The molecule has 2 heterocycles. The fraction of sp³-hybridized carbons (Fsp3) is 0.364. The lowest BCUT2D eigenvalue weighted by Crippen LogP contribution is -2.48. The largest absolute Gasteiger partial charge is 0.497 e. The van der Waals surface area contributed by atoms with Crippen molar-refractivity contribution in [3.63, 3.8) is 0 Å². The van der Waals surface area contributed by atoms with Crippen LogP contribution < -0.4 is 4.74 Å². The molecule has 156 valence electrons. The van der Waals surface area contributed by atoms with Gasteiger partial charge in [-0.3, -0.25) is 9.69 Å². The number of amides is 1. The molecule has 0 spiro atoms. The third-order valence-corrected chi connectivity index (χ3v) is 5.34. The van der Waals surface area contributed by atoms with E-state index in [0.717, 1.165) is 47.0 Å². The van der Waals surface area contributed by atoms with Gasteiger partial charge < -0.3 is 9.64 Å². The quantitative estimate of drug-likeness (QED) is 0.647. The molecule has 0 radical (unpaired) electrons.